The fourth-order valence-corrected chi connectivity index (χ4v) is 1.62. The summed E-state index contributed by atoms with van der Waals surface area (Å²) >= 11 is 1.89. The second kappa shape index (κ2) is 10.1. The van der Waals surface area contributed by atoms with Gasteiger partial charge in [0.05, 0.1) is 0 Å². The highest BCUT2D eigenvalue weighted by atomic mass is 32.2. The lowest BCUT2D eigenvalue weighted by molar-refractivity contribution is 0.296. The lowest BCUT2D eigenvalue weighted by Gasteiger charge is -2.01. The molecule has 0 aliphatic carbocycles. The van der Waals surface area contributed by atoms with Crippen molar-refractivity contribution in [1.82, 2.24) is 5.32 Å². The summed E-state index contributed by atoms with van der Waals surface area (Å²) in [5, 5.41) is 11.9. The van der Waals surface area contributed by atoms with Crippen LogP contribution in [0, 0.1) is 0 Å². The predicted octanol–water partition coefficient (Wildman–Crippen LogP) is 1.66. The lowest BCUT2D eigenvalue weighted by Crippen LogP contribution is -2.17. The van der Waals surface area contributed by atoms with Crippen molar-refractivity contribution in [2.45, 2.75) is 20.3 Å². The topological polar surface area (TPSA) is 32.3 Å². The maximum atomic E-state index is 8.53. The van der Waals surface area contributed by atoms with Gasteiger partial charge in [0.1, 0.15) is 0 Å². The fraction of sp³-hybridized carbons (Fsp3) is 0.800. The van der Waals surface area contributed by atoms with E-state index in [4.69, 9.17) is 5.11 Å². The van der Waals surface area contributed by atoms with E-state index in [1.807, 2.05) is 11.8 Å². The first-order valence-corrected chi connectivity index (χ1v) is 5.95. The molecular weight excluding hydrogens is 182 g/mol. The lowest BCUT2D eigenvalue weighted by atomic mass is 10.3. The van der Waals surface area contributed by atoms with E-state index in [-0.39, 0.29) is 0 Å². The number of allylic oxidation sites excluding steroid dienone is 1. The number of nitrogens with one attached hydrogen (secondary N) is 1. The molecule has 0 heterocycles. The predicted molar refractivity (Wildman–Crippen MR) is 61.3 cm³/mol. The van der Waals surface area contributed by atoms with E-state index in [2.05, 4.69) is 25.2 Å². The number of rotatable bonds is 8. The van der Waals surface area contributed by atoms with Crippen LogP contribution in [0.5, 0.6) is 0 Å². The first kappa shape index (κ1) is 13.0. The van der Waals surface area contributed by atoms with Crippen molar-refractivity contribution >= 4 is 11.8 Å². The van der Waals surface area contributed by atoms with Crippen molar-refractivity contribution < 1.29 is 5.11 Å². The number of aliphatic hydroxyl groups is 1. The van der Waals surface area contributed by atoms with Gasteiger partial charge in [-0.2, -0.15) is 11.8 Å². The van der Waals surface area contributed by atoms with Gasteiger partial charge in [-0.3, -0.25) is 0 Å². The summed E-state index contributed by atoms with van der Waals surface area (Å²) < 4.78 is 0. The van der Waals surface area contributed by atoms with E-state index in [1.54, 1.807) is 0 Å². The Balaban J connectivity index is 2.96. The molecule has 0 atom stereocenters. The quantitative estimate of drug-likeness (QED) is 0.465. The second-order valence-corrected chi connectivity index (χ2v) is 4.40. The molecular formula is C10H21NOS. The molecule has 0 saturated heterocycles. The number of aliphatic hydroxyl groups excluding tert-OH is 1. The molecule has 0 aromatic heterocycles. The Morgan fingerprint density at radius 2 is 2.15 bits per heavy atom. The van der Waals surface area contributed by atoms with Crippen LogP contribution in [-0.4, -0.2) is 36.3 Å². The molecule has 2 nitrogen and oxygen atoms in total. The average molecular weight is 203 g/mol. The van der Waals surface area contributed by atoms with Gasteiger partial charge in [-0.1, -0.05) is 11.6 Å². The average Bonchev–Trinajstić information content (AvgIpc) is 2.09. The van der Waals surface area contributed by atoms with E-state index >= 15 is 0 Å². The minimum absolute atomic E-state index is 0.318. The molecule has 0 fully saturated rings. The maximum absolute atomic E-state index is 8.53. The number of hydrogen-bond donors (Lipinski definition) is 2. The standard InChI is InChI=1S/C10H21NOS/c1-10(2)4-5-11-6-9-13-8-3-7-12/h4,11-12H,3,5-9H2,1-2H3. The maximum Gasteiger partial charge on any atom is 0.0438 e. The molecule has 13 heavy (non-hydrogen) atoms. The van der Waals surface area contributed by atoms with Crippen LogP contribution >= 0.6 is 11.8 Å². The van der Waals surface area contributed by atoms with E-state index < -0.39 is 0 Å². The zero-order valence-electron chi connectivity index (χ0n) is 8.68. The first-order valence-electron chi connectivity index (χ1n) is 4.80. The van der Waals surface area contributed by atoms with Crippen LogP contribution in [0.4, 0.5) is 0 Å². The molecule has 0 rings (SSSR count). The molecule has 0 amide bonds. The van der Waals surface area contributed by atoms with Crippen molar-refractivity contribution in [3.05, 3.63) is 11.6 Å². The highest BCUT2D eigenvalue weighted by molar-refractivity contribution is 7.99. The summed E-state index contributed by atoms with van der Waals surface area (Å²) in [5.41, 5.74) is 1.36. The first-order chi connectivity index (χ1) is 6.27. The van der Waals surface area contributed by atoms with E-state index in [9.17, 15) is 0 Å². The van der Waals surface area contributed by atoms with Gasteiger partial charge in [-0.05, 0) is 26.0 Å². The molecule has 0 aliphatic rings. The monoisotopic (exact) mass is 203 g/mol. The van der Waals surface area contributed by atoms with Crippen LogP contribution in [0.15, 0.2) is 11.6 Å². The molecule has 0 aromatic carbocycles. The van der Waals surface area contributed by atoms with Crippen LogP contribution in [0.1, 0.15) is 20.3 Å². The summed E-state index contributed by atoms with van der Waals surface area (Å²) in [6, 6.07) is 0. The summed E-state index contributed by atoms with van der Waals surface area (Å²) in [6.45, 7) is 6.57. The summed E-state index contributed by atoms with van der Waals surface area (Å²) in [4.78, 5) is 0. The Morgan fingerprint density at radius 3 is 2.77 bits per heavy atom. The Kier molecular flexibility index (Phi) is 10.1. The van der Waals surface area contributed by atoms with E-state index in [0.29, 0.717) is 6.61 Å². The molecule has 0 spiro atoms. The summed E-state index contributed by atoms with van der Waals surface area (Å²) in [5.74, 6) is 2.21. The molecule has 0 saturated carbocycles. The van der Waals surface area contributed by atoms with Gasteiger partial charge in [0.25, 0.3) is 0 Å². The molecule has 78 valence electrons. The molecule has 0 radical (unpaired) electrons. The normalized spacial score (nSPS) is 10.1. The van der Waals surface area contributed by atoms with Gasteiger partial charge < -0.3 is 10.4 Å². The third-order valence-corrected chi connectivity index (χ3v) is 2.59. The molecule has 0 aliphatic heterocycles. The fourth-order valence-electron chi connectivity index (χ4n) is 0.791. The molecule has 3 heteroatoms. The summed E-state index contributed by atoms with van der Waals surface area (Å²) in [6.07, 6.45) is 3.11. The summed E-state index contributed by atoms with van der Waals surface area (Å²) in [7, 11) is 0. The van der Waals surface area contributed by atoms with Gasteiger partial charge >= 0.3 is 0 Å². The van der Waals surface area contributed by atoms with Crippen molar-refractivity contribution in [3.8, 4) is 0 Å². The smallest absolute Gasteiger partial charge is 0.0438 e. The van der Waals surface area contributed by atoms with Crippen LogP contribution in [0.2, 0.25) is 0 Å². The minimum Gasteiger partial charge on any atom is -0.396 e. The Hall–Kier alpha value is 0.01000. The molecule has 0 aromatic rings. The highest BCUT2D eigenvalue weighted by Crippen LogP contribution is 1.99. The minimum atomic E-state index is 0.318. The zero-order valence-corrected chi connectivity index (χ0v) is 9.49. The van der Waals surface area contributed by atoms with Crippen molar-refractivity contribution in [1.29, 1.82) is 0 Å². The zero-order chi connectivity index (χ0) is 9.94. The van der Waals surface area contributed by atoms with Crippen molar-refractivity contribution in [3.63, 3.8) is 0 Å². The van der Waals surface area contributed by atoms with Crippen molar-refractivity contribution in [2.75, 3.05) is 31.2 Å². The van der Waals surface area contributed by atoms with Gasteiger partial charge in [0, 0.05) is 25.4 Å². The Labute approximate surface area is 85.8 Å². The third kappa shape index (κ3) is 12.0. The van der Waals surface area contributed by atoms with Gasteiger partial charge in [-0.15, -0.1) is 0 Å². The molecule has 2 N–H and O–H groups in total. The highest BCUT2D eigenvalue weighted by Gasteiger charge is 1.88. The SMILES string of the molecule is CC(C)=CCNCCSCCCO. The van der Waals surface area contributed by atoms with Crippen LogP contribution in [0.25, 0.3) is 0 Å². The number of hydrogen-bond acceptors (Lipinski definition) is 3. The van der Waals surface area contributed by atoms with Gasteiger partial charge in [0.15, 0.2) is 0 Å². The van der Waals surface area contributed by atoms with Crippen LogP contribution < -0.4 is 5.32 Å². The Morgan fingerprint density at radius 1 is 1.38 bits per heavy atom. The van der Waals surface area contributed by atoms with E-state index in [0.717, 1.165) is 31.0 Å². The van der Waals surface area contributed by atoms with Crippen LogP contribution in [-0.2, 0) is 0 Å². The van der Waals surface area contributed by atoms with Crippen molar-refractivity contribution in [2.24, 2.45) is 0 Å². The van der Waals surface area contributed by atoms with Gasteiger partial charge in [0.2, 0.25) is 0 Å². The molecule has 0 unspecified atom stereocenters. The van der Waals surface area contributed by atoms with E-state index in [1.165, 1.54) is 5.57 Å². The Bertz CT molecular complexity index is 133. The second-order valence-electron chi connectivity index (χ2n) is 3.18. The largest absolute Gasteiger partial charge is 0.396 e. The van der Waals surface area contributed by atoms with Crippen LogP contribution in [0.3, 0.4) is 0 Å². The third-order valence-electron chi connectivity index (χ3n) is 1.52. The van der Waals surface area contributed by atoms with Gasteiger partial charge in [-0.25, -0.2) is 0 Å². The molecule has 0 bridgehead atoms. The number of thioether (sulfide) groups is 1.